The molecule has 3 amide bonds. The summed E-state index contributed by atoms with van der Waals surface area (Å²) >= 11 is 0. The van der Waals surface area contributed by atoms with Crippen LogP contribution in [0.25, 0.3) is 0 Å². The van der Waals surface area contributed by atoms with Gasteiger partial charge in [0.15, 0.2) is 0 Å². The molecular weight excluding hydrogens is 156 g/mol. The molecule has 0 N–H and O–H groups in total. The van der Waals surface area contributed by atoms with E-state index >= 15 is 0 Å². The first kappa shape index (κ1) is 9.03. The van der Waals surface area contributed by atoms with Crippen LogP contribution in [0.1, 0.15) is 6.92 Å². The van der Waals surface area contributed by atoms with Gasteiger partial charge in [-0.05, 0) is 12.8 Å². The highest BCUT2D eigenvalue weighted by atomic mass is 16.2. The van der Waals surface area contributed by atoms with E-state index in [2.05, 4.69) is 6.92 Å². The molecule has 4 heteroatoms. The smallest absolute Gasteiger partial charge is 0.318 e. The van der Waals surface area contributed by atoms with Crippen molar-refractivity contribution in [3.63, 3.8) is 0 Å². The molecule has 12 heavy (non-hydrogen) atoms. The maximum Gasteiger partial charge on any atom is 0.326 e. The number of rotatable bonds is 2. The fourth-order valence-electron chi connectivity index (χ4n) is 1.16. The first-order chi connectivity index (χ1) is 5.52. The minimum Gasteiger partial charge on any atom is -0.318 e. The van der Waals surface area contributed by atoms with Crippen molar-refractivity contribution in [3.05, 3.63) is 6.92 Å². The third kappa shape index (κ3) is 1.57. The molecule has 67 valence electrons. The zero-order valence-corrected chi connectivity index (χ0v) is 7.41. The maximum atomic E-state index is 11.3. The van der Waals surface area contributed by atoms with E-state index in [1.165, 1.54) is 9.80 Å². The molecule has 1 rings (SSSR count). The topological polar surface area (TPSA) is 40.6 Å². The molecule has 0 bridgehead atoms. The quantitative estimate of drug-likeness (QED) is 0.560. The van der Waals surface area contributed by atoms with Gasteiger partial charge in [0, 0.05) is 13.6 Å². The van der Waals surface area contributed by atoms with E-state index in [4.69, 9.17) is 0 Å². The second kappa shape index (κ2) is 3.13. The molecular formula is C8H13N2O2. The number of nitrogens with zero attached hydrogens (tertiary/aromatic N) is 2. The molecule has 0 aromatic rings. The van der Waals surface area contributed by atoms with Crippen molar-refractivity contribution in [2.24, 2.45) is 5.92 Å². The Labute approximate surface area is 72.1 Å². The van der Waals surface area contributed by atoms with Gasteiger partial charge in [0.05, 0.1) is 0 Å². The van der Waals surface area contributed by atoms with Crippen LogP contribution in [0.3, 0.4) is 0 Å². The number of carbonyl (C=O) groups is 2. The molecule has 1 saturated heterocycles. The van der Waals surface area contributed by atoms with Crippen LogP contribution >= 0.6 is 0 Å². The molecule has 1 unspecified atom stereocenters. The Morgan fingerprint density at radius 1 is 1.58 bits per heavy atom. The Balaban J connectivity index is 2.64. The summed E-state index contributed by atoms with van der Waals surface area (Å²) < 4.78 is 0. The van der Waals surface area contributed by atoms with E-state index in [-0.39, 0.29) is 24.4 Å². The van der Waals surface area contributed by atoms with Gasteiger partial charge in [-0.15, -0.1) is 0 Å². The molecule has 1 heterocycles. The highest BCUT2D eigenvalue weighted by Gasteiger charge is 2.33. The number of amides is 3. The fraction of sp³-hybridized carbons (Fsp3) is 0.625. The van der Waals surface area contributed by atoms with Crippen LogP contribution in [0, 0.1) is 12.8 Å². The van der Waals surface area contributed by atoms with Crippen molar-refractivity contribution < 1.29 is 9.59 Å². The first-order valence-electron chi connectivity index (χ1n) is 3.91. The second-order valence-electron chi connectivity index (χ2n) is 3.25. The van der Waals surface area contributed by atoms with E-state index in [0.717, 1.165) is 0 Å². The van der Waals surface area contributed by atoms with E-state index in [9.17, 15) is 9.59 Å². The number of imide groups is 1. The molecule has 0 aromatic heterocycles. The molecule has 1 aliphatic rings. The highest BCUT2D eigenvalue weighted by molar-refractivity contribution is 6.01. The number of hydrogen-bond acceptors (Lipinski definition) is 2. The monoisotopic (exact) mass is 169 g/mol. The van der Waals surface area contributed by atoms with Crippen molar-refractivity contribution >= 4 is 11.9 Å². The maximum absolute atomic E-state index is 11.3. The van der Waals surface area contributed by atoms with Crippen LogP contribution in [0.15, 0.2) is 0 Å². The van der Waals surface area contributed by atoms with Crippen molar-refractivity contribution in [2.75, 3.05) is 20.1 Å². The Kier molecular flexibility index (Phi) is 2.35. The molecule has 1 aliphatic heterocycles. The van der Waals surface area contributed by atoms with E-state index < -0.39 is 0 Å². The van der Waals surface area contributed by atoms with Crippen LogP contribution in [0.2, 0.25) is 0 Å². The lowest BCUT2D eigenvalue weighted by molar-refractivity contribution is -0.125. The number of hydrogen-bond donors (Lipinski definition) is 0. The summed E-state index contributed by atoms with van der Waals surface area (Å²) in [6.45, 7) is 6.22. The Morgan fingerprint density at radius 2 is 2.17 bits per heavy atom. The van der Waals surface area contributed by atoms with Gasteiger partial charge in [-0.2, -0.15) is 0 Å². The summed E-state index contributed by atoms with van der Waals surface area (Å²) in [5, 5.41) is 0. The lowest BCUT2D eigenvalue weighted by Gasteiger charge is -2.15. The van der Waals surface area contributed by atoms with Gasteiger partial charge in [0.2, 0.25) is 5.91 Å². The van der Waals surface area contributed by atoms with Gasteiger partial charge in [0.1, 0.15) is 6.54 Å². The zero-order valence-electron chi connectivity index (χ0n) is 7.41. The van der Waals surface area contributed by atoms with Crippen molar-refractivity contribution in [1.29, 1.82) is 0 Å². The number of urea groups is 1. The lowest BCUT2D eigenvalue weighted by Crippen LogP contribution is -2.34. The minimum absolute atomic E-state index is 0.0874. The standard InChI is InChI=1S/C8H13N2O2/c1-6(2)4-10-7(11)5-9(3)8(10)12/h6H,1,4-5H2,2-3H3. The summed E-state index contributed by atoms with van der Waals surface area (Å²) in [6.07, 6.45) is 0. The van der Waals surface area contributed by atoms with Gasteiger partial charge >= 0.3 is 6.03 Å². The summed E-state index contributed by atoms with van der Waals surface area (Å²) in [5.41, 5.74) is 0. The SMILES string of the molecule is [CH2]C(C)CN1C(=O)CN(C)C1=O. The minimum atomic E-state index is -0.212. The fourth-order valence-corrected chi connectivity index (χ4v) is 1.16. The Bertz CT molecular complexity index is 213. The Hall–Kier alpha value is -1.06. The van der Waals surface area contributed by atoms with Gasteiger partial charge in [0.25, 0.3) is 0 Å². The van der Waals surface area contributed by atoms with Crippen LogP contribution in [0.5, 0.6) is 0 Å². The van der Waals surface area contributed by atoms with Crippen LogP contribution in [0.4, 0.5) is 4.79 Å². The van der Waals surface area contributed by atoms with Gasteiger partial charge in [-0.3, -0.25) is 9.69 Å². The van der Waals surface area contributed by atoms with Crippen molar-refractivity contribution in [2.45, 2.75) is 6.92 Å². The second-order valence-corrected chi connectivity index (χ2v) is 3.25. The van der Waals surface area contributed by atoms with Gasteiger partial charge in [-0.25, -0.2) is 4.79 Å². The Morgan fingerprint density at radius 3 is 2.50 bits per heavy atom. The van der Waals surface area contributed by atoms with Gasteiger partial charge in [-0.1, -0.05) is 6.92 Å². The van der Waals surface area contributed by atoms with Crippen LogP contribution < -0.4 is 0 Å². The third-order valence-corrected chi connectivity index (χ3v) is 1.73. The van der Waals surface area contributed by atoms with Crippen LogP contribution in [-0.2, 0) is 4.79 Å². The molecule has 1 fully saturated rings. The highest BCUT2D eigenvalue weighted by Crippen LogP contribution is 2.09. The first-order valence-corrected chi connectivity index (χ1v) is 3.91. The predicted octanol–water partition coefficient (Wildman–Crippen LogP) is 0.351. The van der Waals surface area contributed by atoms with Crippen molar-refractivity contribution in [3.8, 4) is 0 Å². The lowest BCUT2D eigenvalue weighted by atomic mass is 10.2. The number of likely N-dealkylation sites (N-methyl/N-ethyl adjacent to an activating group) is 1. The molecule has 1 atom stereocenters. The summed E-state index contributed by atoms with van der Waals surface area (Å²) in [5.74, 6) is -0.0394. The van der Waals surface area contributed by atoms with Gasteiger partial charge < -0.3 is 4.90 Å². The largest absolute Gasteiger partial charge is 0.326 e. The number of carbonyl (C=O) groups excluding carboxylic acids is 2. The summed E-state index contributed by atoms with van der Waals surface area (Å²) in [6, 6.07) is -0.212. The molecule has 0 aliphatic carbocycles. The molecule has 1 radical (unpaired) electrons. The van der Waals surface area contributed by atoms with Crippen molar-refractivity contribution in [1.82, 2.24) is 9.80 Å². The van der Waals surface area contributed by atoms with Crippen LogP contribution in [-0.4, -0.2) is 41.9 Å². The third-order valence-electron chi connectivity index (χ3n) is 1.73. The summed E-state index contributed by atoms with van der Waals surface area (Å²) in [4.78, 5) is 25.1. The van der Waals surface area contributed by atoms with E-state index in [1.54, 1.807) is 7.05 Å². The molecule has 0 spiro atoms. The van der Waals surface area contributed by atoms with E-state index in [0.29, 0.717) is 6.54 Å². The molecule has 0 aromatic carbocycles. The zero-order chi connectivity index (χ0) is 9.30. The molecule has 0 saturated carbocycles. The average molecular weight is 169 g/mol. The van der Waals surface area contributed by atoms with E-state index in [1.807, 2.05) is 6.92 Å². The predicted molar refractivity (Wildman–Crippen MR) is 44.3 cm³/mol. The molecule has 4 nitrogen and oxygen atoms in total. The summed E-state index contributed by atoms with van der Waals surface area (Å²) in [7, 11) is 1.62. The normalized spacial score (nSPS) is 18.3. The average Bonchev–Trinajstić information content (AvgIpc) is 2.16.